The standard InChI is InChI=1S/C25H31N3O/c1-3-28(4-2)24(29)23-11-10-20(18-27-23)22-17-25(12-7-14-26-15-13-25)16-19-8-5-6-9-21(19)22/h5-6,8-11,17-18,26H,3-4,7,12-16H2,1-2H3. The second-order valence-electron chi connectivity index (χ2n) is 8.27. The highest BCUT2D eigenvalue weighted by molar-refractivity contribution is 5.93. The maximum Gasteiger partial charge on any atom is 0.272 e. The number of rotatable bonds is 4. The molecule has 1 spiro atoms. The summed E-state index contributed by atoms with van der Waals surface area (Å²) in [5.41, 5.74) is 5.83. The Kier molecular flexibility index (Phi) is 5.81. The molecule has 0 saturated carbocycles. The Hall–Kier alpha value is -2.46. The largest absolute Gasteiger partial charge is 0.338 e. The van der Waals surface area contributed by atoms with Crippen LogP contribution in [0.15, 0.2) is 48.7 Å². The lowest BCUT2D eigenvalue weighted by molar-refractivity contribution is 0.0767. The van der Waals surface area contributed by atoms with Gasteiger partial charge in [0.1, 0.15) is 5.69 Å². The van der Waals surface area contributed by atoms with E-state index >= 15 is 0 Å². The van der Waals surface area contributed by atoms with E-state index < -0.39 is 0 Å². The van der Waals surface area contributed by atoms with Crippen LogP contribution in [-0.2, 0) is 6.42 Å². The monoisotopic (exact) mass is 389 g/mol. The van der Waals surface area contributed by atoms with Gasteiger partial charge in [-0.2, -0.15) is 0 Å². The van der Waals surface area contributed by atoms with Gasteiger partial charge in [0, 0.05) is 24.8 Å². The smallest absolute Gasteiger partial charge is 0.272 e. The minimum Gasteiger partial charge on any atom is -0.338 e. The number of carbonyl (C=O) groups is 1. The molecule has 1 aliphatic carbocycles. The third kappa shape index (κ3) is 3.99. The molecule has 29 heavy (non-hydrogen) atoms. The summed E-state index contributed by atoms with van der Waals surface area (Å²) in [4.78, 5) is 19.0. The van der Waals surface area contributed by atoms with Crippen molar-refractivity contribution in [3.63, 3.8) is 0 Å². The molecule has 1 atom stereocenters. The number of fused-ring (bicyclic) bond motifs is 1. The fraction of sp³-hybridized carbons (Fsp3) is 0.440. The highest BCUT2D eigenvalue weighted by Gasteiger charge is 2.34. The number of allylic oxidation sites excluding steroid dienone is 1. The van der Waals surface area contributed by atoms with Crippen molar-refractivity contribution in [3.05, 3.63) is 71.1 Å². The van der Waals surface area contributed by atoms with Crippen LogP contribution in [0.25, 0.3) is 5.57 Å². The molecule has 1 aromatic heterocycles. The van der Waals surface area contributed by atoms with E-state index in [0.29, 0.717) is 18.8 Å². The predicted octanol–water partition coefficient (Wildman–Crippen LogP) is 4.31. The van der Waals surface area contributed by atoms with E-state index in [9.17, 15) is 4.79 Å². The lowest BCUT2D eigenvalue weighted by Crippen LogP contribution is -2.31. The van der Waals surface area contributed by atoms with Crippen LogP contribution in [0.1, 0.15) is 60.3 Å². The normalized spacial score (nSPS) is 21.2. The Morgan fingerprint density at radius 2 is 1.93 bits per heavy atom. The number of nitrogens with one attached hydrogen (secondary N) is 1. The number of amides is 1. The van der Waals surface area contributed by atoms with Gasteiger partial charge >= 0.3 is 0 Å². The van der Waals surface area contributed by atoms with Crippen LogP contribution in [-0.4, -0.2) is 42.0 Å². The lowest BCUT2D eigenvalue weighted by atomic mass is 9.68. The Balaban J connectivity index is 1.71. The van der Waals surface area contributed by atoms with Gasteiger partial charge in [0.2, 0.25) is 0 Å². The van der Waals surface area contributed by atoms with Crippen molar-refractivity contribution in [2.75, 3.05) is 26.2 Å². The first-order chi connectivity index (χ1) is 14.2. The number of carbonyl (C=O) groups excluding carboxylic acids is 1. The summed E-state index contributed by atoms with van der Waals surface area (Å²) in [6, 6.07) is 12.7. The molecular formula is C25H31N3O. The SMILES string of the molecule is CCN(CC)C(=O)c1ccc(C2=CC3(CCCNCC3)Cc3ccccc32)cn1. The van der Waals surface area contributed by atoms with E-state index in [2.05, 4.69) is 46.7 Å². The van der Waals surface area contributed by atoms with Gasteiger partial charge in [-0.25, -0.2) is 0 Å². The zero-order valence-corrected chi connectivity index (χ0v) is 17.6. The van der Waals surface area contributed by atoms with Crippen LogP contribution in [0.4, 0.5) is 0 Å². The van der Waals surface area contributed by atoms with Gasteiger partial charge in [0.05, 0.1) is 0 Å². The van der Waals surface area contributed by atoms with E-state index in [-0.39, 0.29) is 11.3 Å². The van der Waals surface area contributed by atoms with E-state index in [1.807, 2.05) is 31.0 Å². The summed E-state index contributed by atoms with van der Waals surface area (Å²) >= 11 is 0. The van der Waals surface area contributed by atoms with Crippen molar-refractivity contribution < 1.29 is 4.79 Å². The Morgan fingerprint density at radius 3 is 2.69 bits per heavy atom. The quantitative estimate of drug-likeness (QED) is 0.847. The number of aromatic nitrogens is 1. The van der Waals surface area contributed by atoms with Crippen molar-refractivity contribution in [2.24, 2.45) is 5.41 Å². The average molecular weight is 390 g/mol. The zero-order chi connectivity index (χ0) is 20.3. The predicted molar refractivity (Wildman–Crippen MR) is 118 cm³/mol. The minimum atomic E-state index is 0.00545. The van der Waals surface area contributed by atoms with Gasteiger partial charge in [-0.1, -0.05) is 36.4 Å². The first-order valence-corrected chi connectivity index (χ1v) is 10.9. The van der Waals surface area contributed by atoms with Gasteiger partial charge < -0.3 is 10.2 Å². The maximum absolute atomic E-state index is 12.6. The first-order valence-electron chi connectivity index (χ1n) is 10.9. The second kappa shape index (κ2) is 8.50. The highest BCUT2D eigenvalue weighted by Crippen LogP contribution is 2.44. The Labute approximate surface area is 174 Å². The Bertz CT molecular complexity index is 889. The summed E-state index contributed by atoms with van der Waals surface area (Å²) in [5.74, 6) is 0.00545. The number of hydrogen-bond donors (Lipinski definition) is 1. The van der Waals surface area contributed by atoms with Crippen molar-refractivity contribution in [2.45, 2.75) is 39.5 Å². The third-order valence-electron chi connectivity index (χ3n) is 6.47. The van der Waals surface area contributed by atoms with Crippen molar-refractivity contribution in [3.8, 4) is 0 Å². The Morgan fingerprint density at radius 1 is 1.10 bits per heavy atom. The van der Waals surface area contributed by atoms with Crippen LogP contribution in [0.5, 0.6) is 0 Å². The van der Waals surface area contributed by atoms with Gasteiger partial charge in [-0.15, -0.1) is 0 Å². The molecule has 4 nitrogen and oxygen atoms in total. The van der Waals surface area contributed by atoms with Crippen molar-refractivity contribution in [1.82, 2.24) is 15.2 Å². The zero-order valence-electron chi connectivity index (χ0n) is 17.6. The summed E-state index contributed by atoms with van der Waals surface area (Å²) in [7, 11) is 0. The van der Waals surface area contributed by atoms with Gasteiger partial charge in [-0.3, -0.25) is 9.78 Å². The summed E-state index contributed by atoms with van der Waals surface area (Å²) < 4.78 is 0. The summed E-state index contributed by atoms with van der Waals surface area (Å²) in [5, 5.41) is 3.56. The molecule has 0 radical (unpaired) electrons. The molecule has 1 amide bonds. The van der Waals surface area contributed by atoms with E-state index in [0.717, 1.165) is 31.5 Å². The molecule has 4 rings (SSSR count). The molecule has 2 aliphatic rings. The average Bonchev–Trinajstić information content (AvgIpc) is 2.99. The minimum absolute atomic E-state index is 0.00545. The van der Waals surface area contributed by atoms with Gasteiger partial charge in [0.25, 0.3) is 5.91 Å². The van der Waals surface area contributed by atoms with E-state index in [1.165, 1.54) is 29.5 Å². The molecule has 152 valence electrons. The number of pyridine rings is 1. The molecule has 0 bridgehead atoms. The number of benzene rings is 1. The van der Waals surface area contributed by atoms with Crippen molar-refractivity contribution in [1.29, 1.82) is 0 Å². The van der Waals surface area contributed by atoms with Crippen LogP contribution >= 0.6 is 0 Å². The molecule has 1 saturated heterocycles. The molecule has 1 fully saturated rings. The topological polar surface area (TPSA) is 45.2 Å². The maximum atomic E-state index is 12.6. The molecule has 1 aromatic carbocycles. The van der Waals surface area contributed by atoms with Crippen LogP contribution in [0.2, 0.25) is 0 Å². The first kappa shape index (κ1) is 19.8. The van der Waals surface area contributed by atoms with Crippen LogP contribution in [0.3, 0.4) is 0 Å². The second-order valence-corrected chi connectivity index (χ2v) is 8.27. The molecule has 1 aliphatic heterocycles. The van der Waals surface area contributed by atoms with E-state index in [1.54, 1.807) is 0 Å². The molecule has 1 unspecified atom stereocenters. The fourth-order valence-corrected chi connectivity index (χ4v) is 4.82. The van der Waals surface area contributed by atoms with Crippen LogP contribution < -0.4 is 5.32 Å². The highest BCUT2D eigenvalue weighted by atomic mass is 16.2. The van der Waals surface area contributed by atoms with Crippen molar-refractivity contribution >= 4 is 11.5 Å². The third-order valence-corrected chi connectivity index (χ3v) is 6.47. The number of nitrogens with zero attached hydrogens (tertiary/aromatic N) is 2. The fourth-order valence-electron chi connectivity index (χ4n) is 4.82. The number of hydrogen-bond acceptors (Lipinski definition) is 3. The van der Waals surface area contributed by atoms with Gasteiger partial charge in [-0.05, 0) is 80.8 Å². The summed E-state index contributed by atoms with van der Waals surface area (Å²) in [6.07, 6.45) is 9.08. The molecule has 4 heteroatoms. The molecular weight excluding hydrogens is 358 g/mol. The van der Waals surface area contributed by atoms with Gasteiger partial charge in [0.15, 0.2) is 0 Å². The van der Waals surface area contributed by atoms with E-state index in [4.69, 9.17) is 0 Å². The lowest BCUT2D eigenvalue weighted by Gasteiger charge is -2.36. The summed E-state index contributed by atoms with van der Waals surface area (Å²) in [6.45, 7) is 7.58. The molecule has 1 N–H and O–H groups in total. The van der Waals surface area contributed by atoms with Crippen LogP contribution in [0, 0.1) is 5.41 Å². The molecule has 2 aromatic rings. The molecule has 2 heterocycles.